The first-order valence-corrected chi connectivity index (χ1v) is 5.91. The summed E-state index contributed by atoms with van der Waals surface area (Å²) < 4.78 is 5.18. The molecule has 1 heterocycles. The quantitative estimate of drug-likeness (QED) is 0.627. The maximum Gasteiger partial charge on any atom is 0.282 e. The molecule has 0 spiro atoms. The van der Waals surface area contributed by atoms with Crippen LogP contribution in [0.4, 0.5) is 5.69 Å². The smallest absolute Gasteiger partial charge is 0.282 e. The van der Waals surface area contributed by atoms with E-state index in [4.69, 9.17) is 4.74 Å². The Hall–Kier alpha value is -2.15. The molecular weight excluding hydrogens is 252 g/mol. The summed E-state index contributed by atoms with van der Waals surface area (Å²) in [6, 6.07) is 3.39. The summed E-state index contributed by atoms with van der Waals surface area (Å²) in [5.74, 6) is -0.505. The molecule has 1 aliphatic rings. The van der Waals surface area contributed by atoms with Crippen LogP contribution in [0.5, 0.6) is 5.75 Å². The van der Waals surface area contributed by atoms with E-state index < -0.39 is 10.8 Å². The zero-order valence-corrected chi connectivity index (χ0v) is 10.2. The van der Waals surface area contributed by atoms with Crippen LogP contribution in [-0.2, 0) is 4.74 Å². The Labute approximate surface area is 109 Å². The molecule has 7 nitrogen and oxygen atoms in total. The van der Waals surface area contributed by atoms with E-state index >= 15 is 0 Å². The number of aromatic hydroxyl groups is 1. The molecular formula is C12H14N2O5. The second-order valence-corrected chi connectivity index (χ2v) is 4.40. The second kappa shape index (κ2) is 5.66. The molecule has 0 saturated carbocycles. The van der Waals surface area contributed by atoms with Gasteiger partial charge in [-0.2, -0.15) is 0 Å². The van der Waals surface area contributed by atoms with Gasteiger partial charge in [-0.05, 0) is 18.6 Å². The molecule has 1 unspecified atom stereocenters. The number of benzene rings is 1. The van der Waals surface area contributed by atoms with Crippen LogP contribution >= 0.6 is 0 Å². The van der Waals surface area contributed by atoms with Gasteiger partial charge >= 0.3 is 0 Å². The van der Waals surface area contributed by atoms with Crippen LogP contribution in [0.1, 0.15) is 16.8 Å². The molecule has 1 amide bonds. The number of nitrogens with one attached hydrogen (secondary N) is 1. The largest absolute Gasteiger partial charge is 0.508 e. The van der Waals surface area contributed by atoms with Crippen LogP contribution in [0.25, 0.3) is 0 Å². The van der Waals surface area contributed by atoms with Crippen molar-refractivity contribution in [3.8, 4) is 5.75 Å². The number of hydrogen-bond acceptors (Lipinski definition) is 5. The van der Waals surface area contributed by atoms with Gasteiger partial charge in [0, 0.05) is 25.1 Å². The molecule has 1 fully saturated rings. The van der Waals surface area contributed by atoms with E-state index in [1.54, 1.807) is 0 Å². The fraction of sp³-hybridized carbons (Fsp3) is 0.417. The van der Waals surface area contributed by atoms with Crippen molar-refractivity contribution in [3.05, 3.63) is 33.9 Å². The van der Waals surface area contributed by atoms with Crippen molar-refractivity contribution in [2.75, 3.05) is 19.8 Å². The van der Waals surface area contributed by atoms with E-state index in [1.807, 2.05) is 0 Å². The molecule has 1 atom stereocenters. The number of phenols is 1. The van der Waals surface area contributed by atoms with Gasteiger partial charge in [0.1, 0.15) is 11.3 Å². The fourth-order valence-electron chi connectivity index (χ4n) is 1.94. The Morgan fingerprint density at radius 2 is 2.37 bits per heavy atom. The highest BCUT2D eigenvalue weighted by molar-refractivity contribution is 5.98. The van der Waals surface area contributed by atoms with Crippen LogP contribution in [0.15, 0.2) is 18.2 Å². The number of phenolic OH excluding ortho intramolecular Hbond substituents is 1. The van der Waals surface area contributed by atoms with Gasteiger partial charge in [-0.1, -0.05) is 0 Å². The summed E-state index contributed by atoms with van der Waals surface area (Å²) in [6.45, 7) is 1.67. The summed E-state index contributed by atoms with van der Waals surface area (Å²) in [7, 11) is 0. The van der Waals surface area contributed by atoms with Crippen molar-refractivity contribution in [1.29, 1.82) is 0 Å². The lowest BCUT2D eigenvalue weighted by atomic mass is 10.1. The van der Waals surface area contributed by atoms with E-state index in [-0.39, 0.29) is 22.9 Å². The average molecular weight is 266 g/mol. The first-order valence-electron chi connectivity index (χ1n) is 5.91. The predicted molar refractivity (Wildman–Crippen MR) is 66.0 cm³/mol. The first kappa shape index (κ1) is 13.3. The summed E-state index contributed by atoms with van der Waals surface area (Å²) in [5.41, 5.74) is -0.457. The van der Waals surface area contributed by atoms with Crippen LogP contribution in [-0.4, -0.2) is 35.7 Å². The van der Waals surface area contributed by atoms with Gasteiger partial charge in [0.2, 0.25) is 0 Å². The minimum atomic E-state index is -0.646. The lowest BCUT2D eigenvalue weighted by Gasteiger charge is -2.09. The lowest BCUT2D eigenvalue weighted by Crippen LogP contribution is -2.29. The van der Waals surface area contributed by atoms with Crippen molar-refractivity contribution >= 4 is 11.6 Å². The first-order chi connectivity index (χ1) is 9.08. The number of carbonyl (C=O) groups excluding carboxylic acids is 1. The van der Waals surface area contributed by atoms with Crippen LogP contribution in [0.3, 0.4) is 0 Å². The third-order valence-corrected chi connectivity index (χ3v) is 3.00. The van der Waals surface area contributed by atoms with Crippen LogP contribution < -0.4 is 5.32 Å². The molecule has 0 aliphatic carbocycles. The summed E-state index contributed by atoms with van der Waals surface area (Å²) in [6.07, 6.45) is 0.864. The van der Waals surface area contributed by atoms with Gasteiger partial charge in [0.15, 0.2) is 0 Å². The van der Waals surface area contributed by atoms with Gasteiger partial charge < -0.3 is 15.2 Å². The normalized spacial score (nSPS) is 18.2. The fourth-order valence-corrected chi connectivity index (χ4v) is 1.94. The summed E-state index contributed by atoms with van der Waals surface area (Å²) in [4.78, 5) is 22.1. The SMILES string of the molecule is O=C(NCC1CCOC1)c1cc(O)ccc1[N+](=O)[O-]. The monoisotopic (exact) mass is 266 g/mol. The molecule has 0 radical (unpaired) electrons. The van der Waals surface area contributed by atoms with E-state index in [1.165, 1.54) is 6.07 Å². The molecule has 102 valence electrons. The molecule has 0 aromatic heterocycles. The van der Waals surface area contributed by atoms with Crippen molar-refractivity contribution < 1.29 is 19.6 Å². The number of hydrogen-bond donors (Lipinski definition) is 2. The lowest BCUT2D eigenvalue weighted by molar-refractivity contribution is -0.385. The van der Waals surface area contributed by atoms with Crippen molar-refractivity contribution in [2.24, 2.45) is 5.92 Å². The van der Waals surface area contributed by atoms with Gasteiger partial charge in [0.25, 0.3) is 11.6 Å². The molecule has 7 heteroatoms. The standard InChI is InChI=1S/C12H14N2O5/c15-9-1-2-11(14(17)18)10(5-9)12(16)13-6-8-3-4-19-7-8/h1-2,5,8,15H,3-4,6-7H2,(H,13,16). The van der Waals surface area contributed by atoms with Gasteiger partial charge in [-0.3, -0.25) is 14.9 Å². The number of amides is 1. The molecule has 1 aliphatic heterocycles. The Kier molecular flexibility index (Phi) is 3.96. The maximum atomic E-state index is 11.9. The van der Waals surface area contributed by atoms with Crippen molar-refractivity contribution in [3.63, 3.8) is 0 Å². The Morgan fingerprint density at radius 1 is 1.58 bits per heavy atom. The number of carbonyl (C=O) groups is 1. The topological polar surface area (TPSA) is 102 Å². The van der Waals surface area contributed by atoms with E-state index in [0.717, 1.165) is 18.6 Å². The summed E-state index contributed by atoms with van der Waals surface area (Å²) in [5, 5.41) is 22.8. The van der Waals surface area contributed by atoms with Crippen molar-refractivity contribution in [2.45, 2.75) is 6.42 Å². The minimum absolute atomic E-state index is 0.135. The van der Waals surface area contributed by atoms with Crippen LogP contribution in [0, 0.1) is 16.0 Å². The zero-order valence-electron chi connectivity index (χ0n) is 10.2. The predicted octanol–water partition coefficient (Wildman–Crippen LogP) is 1.07. The maximum absolute atomic E-state index is 11.9. The highest BCUT2D eigenvalue weighted by Crippen LogP contribution is 2.23. The Bertz CT molecular complexity index is 497. The van der Waals surface area contributed by atoms with Gasteiger partial charge in [-0.15, -0.1) is 0 Å². The second-order valence-electron chi connectivity index (χ2n) is 4.40. The zero-order chi connectivity index (χ0) is 13.8. The molecule has 2 N–H and O–H groups in total. The molecule has 1 aromatic carbocycles. The Balaban J connectivity index is 2.08. The molecule has 2 rings (SSSR count). The van der Waals surface area contributed by atoms with E-state index in [0.29, 0.717) is 19.8 Å². The third kappa shape index (κ3) is 3.19. The van der Waals surface area contributed by atoms with E-state index in [9.17, 15) is 20.0 Å². The third-order valence-electron chi connectivity index (χ3n) is 3.00. The summed E-state index contributed by atoms with van der Waals surface area (Å²) >= 11 is 0. The van der Waals surface area contributed by atoms with Crippen molar-refractivity contribution in [1.82, 2.24) is 5.32 Å². The number of nitro groups is 1. The molecule has 1 aromatic rings. The van der Waals surface area contributed by atoms with Gasteiger partial charge in [0.05, 0.1) is 11.5 Å². The number of nitro benzene ring substituents is 1. The highest BCUT2D eigenvalue weighted by Gasteiger charge is 2.22. The highest BCUT2D eigenvalue weighted by atomic mass is 16.6. The molecule has 0 bridgehead atoms. The number of nitrogens with zero attached hydrogens (tertiary/aromatic N) is 1. The van der Waals surface area contributed by atoms with Crippen LogP contribution in [0.2, 0.25) is 0 Å². The van der Waals surface area contributed by atoms with E-state index in [2.05, 4.69) is 5.32 Å². The molecule has 19 heavy (non-hydrogen) atoms. The minimum Gasteiger partial charge on any atom is -0.508 e. The van der Waals surface area contributed by atoms with Gasteiger partial charge in [-0.25, -0.2) is 0 Å². The number of rotatable bonds is 4. The Morgan fingerprint density at radius 3 is 3.00 bits per heavy atom. The number of ether oxygens (including phenoxy) is 1. The molecule has 1 saturated heterocycles. The average Bonchev–Trinajstić information content (AvgIpc) is 2.88.